The Morgan fingerprint density at radius 3 is 1.78 bits per heavy atom. The molecule has 8 rings (SSSR count). The van der Waals surface area contributed by atoms with E-state index in [1.807, 2.05) is 0 Å². The van der Waals surface area contributed by atoms with Crippen molar-refractivity contribution in [2.24, 2.45) is 0 Å². The summed E-state index contributed by atoms with van der Waals surface area (Å²) >= 11 is 0. The van der Waals surface area contributed by atoms with Crippen LogP contribution in [0.15, 0.2) is 156 Å². The molecule has 0 atom stereocenters. The van der Waals surface area contributed by atoms with Crippen LogP contribution in [0.1, 0.15) is 24.0 Å². The molecule has 1 heterocycles. The minimum absolute atomic E-state index is 0.871. The summed E-state index contributed by atoms with van der Waals surface area (Å²) in [6.45, 7) is 4.38. The number of hydrogen-bond donors (Lipinski definition) is 0. The first-order chi connectivity index (χ1) is 22.2. The van der Waals surface area contributed by atoms with E-state index in [9.17, 15) is 0 Å². The van der Waals surface area contributed by atoms with E-state index < -0.39 is 0 Å². The van der Waals surface area contributed by atoms with E-state index in [2.05, 4.69) is 169 Å². The van der Waals surface area contributed by atoms with Crippen molar-refractivity contribution in [1.29, 1.82) is 0 Å². The smallest absolute Gasteiger partial charge is 0.162 e. The van der Waals surface area contributed by atoms with Crippen molar-refractivity contribution in [2.75, 3.05) is 9.80 Å². The summed E-state index contributed by atoms with van der Waals surface area (Å²) in [5.41, 5.74) is 10.9. The number of rotatable bonds is 6. The predicted molar refractivity (Wildman–Crippen MR) is 190 cm³/mol. The molecule has 7 aromatic rings. The van der Waals surface area contributed by atoms with Gasteiger partial charge in [0.1, 0.15) is 5.58 Å². The Bertz CT molecular complexity index is 2260. The topological polar surface area (TPSA) is 19.6 Å². The lowest BCUT2D eigenvalue weighted by Gasteiger charge is -2.33. The standard InChI is InChI=1S/C42H34N2O/c1-29-17-9-14-26-36(29)43(31-19-5-3-6-20-31)40-33-23-11-12-24-34(33)41(42-39(40)35-25-13-16-28-38(35)45-42)44(32-21-7-4-8-22-32)37-27-15-10-18-30(37)2/h4-5,7-28H,3,6H2,1-2H3. The van der Waals surface area contributed by atoms with Crippen LogP contribution in [-0.4, -0.2) is 0 Å². The molecule has 0 spiro atoms. The molecule has 1 aromatic heterocycles. The van der Waals surface area contributed by atoms with E-state index in [0.717, 1.165) is 62.9 Å². The molecular formula is C42H34N2O. The lowest BCUT2D eigenvalue weighted by atomic mass is 9.96. The number of allylic oxidation sites excluding steroid dienone is 3. The molecule has 1 aliphatic rings. The molecule has 0 saturated heterocycles. The van der Waals surface area contributed by atoms with Crippen LogP contribution in [-0.2, 0) is 0 Å². The molecule has 0 bridgehead atoms. The van der Waals surface area contributed by atoms with Crippen LogP contribution >= 0.6 is 0 Å². The average molecular weight is 583 g/mol. The van der Waals surface area contributed by atoms with Gasteiger partial charge in [-0.05, 0) is 74.2 Å². The summed E-state index contributed by atoms with van der Waals surface area (Å²) in [5, 5.41) is 4.51. The molecule has 0 N–H and O–H groups in total. The fourth-order valence-corrected chi connectivity index (χ4v) is 6.80. The number of aryl methyl sites for hydroxylation is 2. The van der Waals surface area contributed by atoms with Gasteiger partial charge in [0.2, 0.25) is 0 Å². The highest BCUT2D eigenvalue weighted by Crippen LogP contribution is 2.53. The molecule has 0 unspecified atom stereocenters. The van der Waals surface area contributed by atoms with E-state index in [0.29, 0.717) is 0 Å². The molecule has 45 heavy (non-hydrogen) atoms. The van der Waals surface area contributed by atoms with Crippen LogP contribution in [0, 0.1) is 13.8 Å². The average Bonchev–Trinajstić information content (AvgIpc) is 3.47. The summed E-state index contributed by atoms with van der Waals surface area (Å²) in [5.74, 6) is 0. The van der Waals surface area contributed by atoms with E-state index >= 15 is 0 Å². The Morgan fingerprint density at radius 2 is 1.11 bits per heavy atom. The van der Waals surface area contributed by atoms with Crippen molar-refractivity contribution in [3.8, 4) is 0 Å². The van der Waals surface area contributed by atoms with Crippen LogP contribution in [0.25, 0.3) is 32.7 Å². The summed E-state index contributed by atoms with van der Waals surface area (Å²) in [6.07, 6.45) is 8.99. The van der Waals surface area contributed by atoms with Crippen LogP contribution in [0.3, 0.4) is 0 Å². The SMILES string of the molecule is Cc1ccccc1N(C1=CCCC=C1)c1c2ccccc2c(N(c2ccccc2)c2ccccc2C)c2oc3ccccc3c12. The largest absolute Gasteiger partial charge is 0.454 e. The fourth-order valence-electron chi connectivity index (χ4n) is 6.80. The van der Waals surface area contributed by atoms with E-state index in [1.54, 1.807) is 0 Å². The van der Waals surface area contributed by atoms with Gasteiger partial charge in [-0.3, -0.25) is 0 Å². The van der Waals surface area contributed by atoms with Gasteiger partial charge in [0.15, 0.2) is 5.58 Å². The quantitative estimate of drug-likeness (QED) is 0.182. The van der Waals surface area contributed by atoms with Crippen molar-refractivity contribution in [1.82, 2.24) is 0 Å². The number of fused-ring (bicyclic) bond motifs is 4. The third kappa shape index (κ3) is 4.51. The zero-order valence-corrected chi connectivity index (χ0v) is 25.6. The van der Waals surface area contributed by atoms with Crippen molar-refractivity contribution in [3.63, 3.8) is 0 Å². The zero-order valence-electron chi connectivity index (χ0n) is 25.6. The maximum Gasteiger partial charge on any atom is 0.162 e. The second-order valence-electron chi connectivity index (χ2n) is 11.7. The predicted octanol–water partition coefficient (Wildman–Crippen LogP) is 12.2. The third-order valence-corrected chi connectivity index (χ3v) is 8.89. The number of benzene rings is 6. The van der Waals surface area contributed by atoms with Gasteiger partial charge in [-0.1, -0.05) is 109 Å². The Balaban J connectivity index is 1.58. The van der Waals surface area contributed by atoms with Crippen LogP contribution in [0.2, 0.25) is 0 Å². The Hall–Kier alpha value is -5.54. The van der Waals surface area contributed by atoms with Gasteiger partial charge in [-0.15, -0.1) is 0 Å². The summed E-state index contributed by atoms with van der Waals surface area (Å²) in [7, 11) is 0. The van der Waals surface area contributed by atoms with Crippen LogP contribution in [0.5, 0.6) is 0 Å². The first-order valence-electron chi connectivity index (χ1n) is 15.7. The Labute approximate surface area is 263 Å². The highest BCUT2D eigenvalue weighted by Gasteiger charge is 2.30. The van der Waals surface area contributed by atoms with E-state index in [-0.39, 0.29) is 0 Å². The highest BCUT2D eigenvalue weighted by atomic mass is 16.3. The summed E-state index contributed by atoms with van der Waals surface area (Å²) in [6, 6.07) is 45.2. The van der Waals surface area contributed by atoms with Crippen LogP contribution in [0.4, 0.5) is 28.4 Å². The fraction of sp³-hybridized carbons (Fsp3) is 0.0952. The maximum atomic E-state index is 6.99. The number of para-hydroxylation sites is 4. The van der Waals surface area contributed by atoms with Gasteiger partial charge in [0, 0.05) is 38.9 Å². The van der Waals surface area contributed by atoms with Crippen molar-refractivity contribution < 1.29 is 4.42 Å². The van der Waals surface area contributed by atoms with Crippen molar-refractivity contribution in [3.05, 3.63) is 162 Å². The molecular weight excluding hydrogens is 548 g/mol. The molecule has 0 aliphatic heterocycles. The van der Waals surface area contributed by atoms with Gasteiger partial charge in [0.05, 0.1) is 16.8 Å². The van der Waals surface area contributed by atoms with Gasteiger partial charge < -0.3 is 14.2 Å². The van der Waals surface area contributed by atoms with Crippen molar-refractivity contribution in [2.45, 2.75) is 26.7 Å². The number of nitrogens with zero attached hydrogens (tertiary/aromatic N) is 2. The second kappa shape index (κ2) is 11.2. The molecule has 218 valence electrons. The van der Waals surface area contributed by atoms with Gasteiger partial charge in [-0.25, -0.2) is 0 Å². The minimum Gasteiger partial charge on any atom is -0.454 e. The monoisotopic (exact) mass is 582 g/mol. The molecule has 0 amide bonds. The van der Waals surface area contributed by atoms with E-state index in [4.69, 9.17) is 4.42 Å². The molecule has 0 radical (unpaired) electrons. The second-order valence-corrected chi connectivity index (χ2v) is 11.7. The molecule has 1 aliphatic carbocycles. The molecule has 3 nitrogen and oxygen atoms in total. The lowest BCUT2D eigenvalue weighted by molar-refractivity contribution is 0.669. The summed E-state index contributed by atoms with van der Waals surface area (Å²) < 4.78 is 6.99. The molecule has 3 heteroatoms. The lowest BCUT2D eigenvalue weighted by Crippen LogP contribution is -2.19. The van der Waals surface area contributed by atoms with Gasteiger partial charge >= 0.3 is 0 Å². The summed E-state index contributed by atoms with van der Waals surface area (Å²) in [4.78, 5) is 4.84. The van der Waals surface area contributed by atoms with E-state index in [1.165, 1.54) is 27.9 Å². The third-order valence-electron chi connectivity index (χ3n) is 8.89. The Kier molecular flexibility index (Phi) is 6.72. The Morgan fingerprint density at radius 1 is 0.533 bits per heavy atom. The minimum atomic E-state index is 0.871. The highest BCUT2D eigenvalue weighted by molar-refractivity contribution is 6.28. The van der Waals surface area contributed by atoms with Crippen LogP contribution < -0.4 is 9.80 Å². The molecule has 0 fully saturated rings. The van der Waals surface area contributed by atoms with Crippen molar-refractivity contribution >= 4 is 61.1 Å². The molecule has 0 saturated carbocycles. The molecule has 6 aromatic carbocycles. The number of anilines is 5. The van der Waals surface area contributed by atoms with Gasteiger partial charge in [-0.2, -0.15) is 0 Å². The number of hydrogen-bond acceptors (Lipinski definition) is 3. The van der Waals surface area contributed by atoms with Gasteiger partial charge in [0.25, 0.3) is 0 Å². The first-order valence-corrected chi connectivity index (χ1v) is 15.7. The number of furan rings is 1. The maximum absolute atomic E-state index is 6.99. The first kappa shape index (κ1) is 27.0. The normalized spacial score (nSPS) is 13.0. The zero-order chi connectivity index (χ0) is 30.3.